The van der Waals surface area contributed by atoms with Gasteiger partial charge in [-0.05, 0) is 5.92 Å². The van der Waals surface area contributed by atoms with Crippen molar-refractivity contribution < 1.29 is 27.7 Å². The van der Waals surface area contributed by atoms with Crippen molar-refractivity contribution in [3.63, 3.8) is 0 Å². The molecule has 1 heterocycles. The van der Waals surface area contributed by atoms with Crippen LogP contribution in [0.1, 0.15) is 44.6 Å². The molecule has 0 aromatic carbocycles. The molecule has 19 heavy (non-hydrogen) atoms. The molecule has 0 spiro atoms. The Bertz CT molecular complexity index is 483. The summed E-state index contributed by atoms with van der Waals surface area (Å²) in [7, 11) is -4.60. The molecule has 0 bridgehead atoms. The van der Waals surface area contributed by atoms with Crippen molar-refractivity contribution in [3.8, 4) is 0 Å². The van der Waals surface area contributed by atoms with Gasteiger partial charge in [-0.1, -0.05) is 33.1 Å². The Morgan fingerprint density at radius 1 is 1.32 bits per heavy atom. The molecule has 1 aromatic heterocycles. The molecule has 0 aliphatic heterocycles. The van der Waals surface area contributed by atoms with E-state index in [1.807, 2.05) is 6.92 Å². The fraction of sp³-hybridized carbons (Fsp3) is 0.727. The van der Waals surface area contributed by atoms with Crippen LogP contribution in [0, 0.1) is 5.92 Å². The Kier molecular flexibility index (Phi) is 6.00. The van der Waals surface area contributed by atoms with E-state index in [4.69, 9.17) is 18.6 Å². The summed E-state index contributed by atoms with van der Waals surface area (Å²) >= 11 is 0. The smallest absolute Gasteiger partial charge is 0.396 e. The number of hydrogen-bond acceptors (Lipinski definition) is 5. The van der Waals surface area contributed by atoms with E-state index in [2.05, 4.69) is 11.4 Å². The van der Waals surface area contributed by atoms with E-state index in [-0.39, 0.29) is 11.7 Å². The molecular formula is C11H19O7P. The molecule has 0 aliphatic rings. The van der Waals surface area contributed by atoms with Crippen LogP contribution < -0.4 is 5.82 Å². The number of phosphoric ester groups is 1. The van der Waals surface area contributed by atoms with Gasteiger partial charge in [0.15, 0.2) is 11.5 Å². The van der Waals surface area contributed by atoms with Gasteiger partial charge in [-0.2, -0.15) is 0 Å². The van der Waals surface area contributed by atoms with Gasteiger partial charge in [0.1, 0.15) is 6.61 Å². The van der Waals surface area contributed by atoms with Gasteiger partial charge >= 0.3 is 13.6 Å². The van der Waals surface area contributed by atoms with Crippen molar-refractivity contribution in [1.29, 1.82) is 0 Å². The summed E-state index contributed by atoms with van der Waals surface area (Å²) in [5.74, 6) is -0.268. The predicted molar refractivity (Wildman–Crippen MR) is 66.5 cm³/mol. The van der Waals surface area contributed by atoms with E-state index in [0.717, 1.165) is 19.3 Å². The normalized spacial score (nSPS) is 13.7. The molecule has 1 aromatic rings. The van der Waals surface area contributed by atoms with Crippen molar-refractivity contribution >= 4 is 7.82 Å². The average molecular weight is 294 g/mol. The third kappa shape index (κ3) is 6.20. The fourth-order valence-corrected chi connectivity index (χ4v) is 2.00. The van der Waals surface area contributed by atoms with Crippen molar-refractivity contribution in [1.82, 2.24) is 0 Å². The van der Waals surface area contributed by atoms with Gasteiger partial charge in [0.25, 0.3) is 0 Å². The fourth-order valence-electron chi connectivity index (χ4n) is 1.72. The van der Waals surface area contributed by atoms with E-state index >= 15 is 0 Å². The molecule has 7 nitrogen and oxygen atoms in total. The Balaban J connectivity index is 2.67. The molecule has 0 aliphatic carbocycles. The van der Waals surface area contributed by atoms with Gasteiger partial charge in [0, 0.05) is 6.42 Å². The quantitative estimate of drug-likeness (QED) is 0.707. The van der Waals surface area contributed by atoms with E-state index in [1.165, 1.54) is 0 Å². The van der Waals surface area contributed by atoms with Crippen molar-refractivity contribution in [3.05, 3.63) is 22.1 Å². The van der Waals surface area contributed by atoms with Crippen LogP contribution >= 0.6 is 7.82 Å². The van der Waals surface area contributed by atoms with Gasteiger partial charge in [0.2, 0.25) is 0 Å². The second-order valence-electron chi connectivity index (χ2n) is 4.52. The molecule has 1 rings (SSSR count). The molecule has 2 N–H and O–H groups in total. The molecule has 1 atom stereocenters. The van der Waals surface area contributed by atoms with Crippen LogP contribution in [0.25, 0.3) is 0 Å². The van der Waals surface area contributed by atoms with E-state index < -0.39 is 20.3 Å². The number of hydrogen-bond donors (Lipinski definition) is 2. The zero-order chi connectivity index (χ0) is 14.5. The lowest BCUT2D eigenvalue weighted by molar-refractivity contribution is 0.173. The van der Waals surface area contributed by atoms with Crippen molar-refractivity contribution in [2.24, 2.45) is 5.92 Å². The summed E-state index contributed by atoms with van der Waals surface area (Å²) in [6.45, 7) is 3.62. The number of phosphoric acid groups is 1. The first-order valence-corrected chi connectivity index (χ1v) is 7.66. The van der Waals surface area contributed by atoms with Crippen LogP contribution in [-0.4, -0.2) is 9.79 Å². The summed E-state index contributed by atoms with van der Waals surface area (Å²) in [5, 5.41) is 0. The van der Waals surface area contributed by atoms with Crippen molar-refractivity contribution in [2.75, 3.05) is 0 Å². The summed E-state index contributed by atoms with van der Waals surface area (Å²) in [4.78, 5) is 28.3. The second-order valence-corrected chi connectivity index (χ2v) is 5.76. The van der Waals surface area contributed by atoms with Crippen LogP contribution in [0.2, 0.25) is 0 Å². The van der Waals surface area contributed by atoms with Crippen molar-refractivity contribution in [2.45, 2.75) is 46.1 Å². The molecule has 0 amide bonds. The minimum atomic E-state index is -4.60. The Hall–Kier alpha value is -0.880. The maximum atomic E-state index is 11.0. The minimum absolute atomic E-state index is 0.0386. The molecule has 0 fully saturated rings. The molecule has 0 radical (unpaired) electrons. The van der Waals surface area contributed by atoms with E-state index in [9.17, 15) is 9.36 Å². The third-order valence-corrected chi connectivity index (χ3v) is 3.14. The van der Waals surface area contributed by atoms with Gasteiger partial charge in [-0.25, -0.2) is 9.36 Å². The predicted octanol–water partition coefficient (Wildman–Crippen LogP) is 2.21. The monoisotopic (exact) mass is 294 g/mol. The highest BCUT2D eigenvalue weighted by Crippen LogP contribution is 2.37. The molecule has 0 saturated heterocycles. The second kappa shape index (κ2) is 7.05. The first-order chi connectivity index (χ1) is 8.81. The van der Waals surface area contributed by atoms with Crippen LogP contribution in [-0.2, 0) is 22.1 Å². The lowest BCUT2D eigenvalue weighted by atomic mass is 9.99. The first kappa shape index (κ1) is 16.2. The Labute approximate surface area is 110 Å². The SMILES string of the molecule is CCCCC(C)Cc1oc(=O)oc1COP(=O)(O)O. The largest absolute Gasteiger partial charge is 0.519 e. The summed E-state index contributed by atoms with van der Waals surface area (Å²) < 4.78 is 24.5. The Morgan fingerprint density at radius 2 is 1.95 bits per heavy atom. The van der Waals surface area contributed by atoms with Gasteiger partial charge in [0.05, 0.1) is 0 Å². The van der Waals surface area contributed by atoms with E-state index in [0.29, 0.717) is 12.2 Å². The topological polar surface area (TPSA) is 110 Å². The Morgan fingerprint density at radius 3 is 2.53 bits per heavy atom. The third-order valence-electron chi connectivity index (χ3n) is 2.67. The van der Waals surface area contributed by atoms with Crippen LogP contribution in [0.3, 0.4) is 0 Å². The standard InChI is InChI=1S/C11H19O7P/c1-3-4-5-8(2)6-9-10(18-11(12)17-9)7-16-19(13,14)15/h8H,3-7H2,1-2H3,(H2,13,14,15). The average Bonchev–Trinajstić information content (AvgIpc) is 2.63. The first-order valence-electron chi connectivity index (χ1n) is 6.13. The van der Waals surface area contributed by atoms with Gasteiger partial charge in [-0.3, -0.25) is 4.52 Å². The van der Waals surface area contributed by atoms with E-state index in [1.54, 1.807) is 0 Å². The summed E-state index contributed by atoms with van der Waals surface area (Å²) in [5.41, 5.74) is 0. The highest BCUT2D eigenvalue weighted by Gasteiger charge is 2.20. The lowest BCUT2D eigenvalue weighted by Gasteiger charge is -2.09. The molecule has 1 unspecified atom stereocenters. The van der Waals surface area contributed by atoms with Crippen LogP contribution in [0.15, 0.2) is 13.6 Å². The maximum absolute atomic E-state index is 11.0. The number of unbranched alkanes of at least 4 members (excludes halogenated alkanes) is 1. The minimum Gasteiger partial charge on any atom is -0.396 e. The molecular weight excluding hydrogens is 275 g/mol. The summed E-state index contributed by atoms with van der Waals surface area (Å²) in [6.07, 6.45) is 3.60. The van der Waals surface area contributed by atoms with Gasteiger partial charge < -0.3 is 18.6 Å². The molecule has 8 heteroatoms. The zero-order valence-corrected chi connectivity index (χ0v) is 11.9. The van der Waals surface area contributed by atoms with Crippen LogP contribution in [0.4, 0.5) is 0 Å². The lowest BCUT2D eigenvalue weighted by Crippen LogP contribution is -2.02. The number of rotatable bonds is 8. The summed E-state index contributed by atoms with van der Waals surface area (Å²) in [6, 6.07) is 0. The highest BCUT2D eigenvalue weighted by molar-refractivity contribution is 7.46. The molecule has 0 saturated carbocycles. The highest BCUT2D eigenvalue weighted by atomic mass is 31.2. The maximum Gasteiger partial charge on any atom is 0.519 e. The zero-order valence-electron chi connectivity index (χ0n) is 11.0. The van der Waals surface area contributed by atoms with Gasteiger partial charge in [-0.15, -0.1) is 0 Å². The molecule has 110 valence electrons. The van der Waals surface area contributed by atoms with Crippen LogP contribution in [0.5, 0.6) is 0 Å².